The van der Waals surface area contributed by atoms with Gasteiger partial charge < -0.3 is 10.0 Å². The van der Waals surface area contributed by atoms with Crippen molar-refractivity contribution in [3.8, 4) is 0 Å². The van der Waals surface area contributed by atoms with Gasteiger partial charge in [0.25, 0.3) is 0 Å². The fourth-order valence-electron chi connectivity index (χ4n) is 2.03. The first kappa shape index (κ1) is 8.57. The largest absolute Gasteiger partial charge is 0.395 e. The third-order valence-electron chi connectivity index (χ3n) is 2.73. The molecule has 70 valence electrons. The molecule has 0 unspecified atom stereocenters. The summed E-state index contributed by atoms with van der Waals surface area (Å²) in [6.45, 7) is 4.21. The van der Waals surface area contributed by atoms with Crippen molar-refractivity contribution >= 4 is 5.69 Å². The summed E-state index contributed by atoms with van der Waals surface area (Å²) >= 11 is 0. The molecule has 0 atom stereocenters. The summed E-state index contributed by atoms with van der Waals surface area (Å²) in [4.78, 5) is 2.25. The summed E-state index contributed by atoms with van der Waals surface area (Å²) in [6.07, 6.45) is 1.13. The number of benzene rings is 1. The van der Waals surface area contributed by atoms with Gasteiger partial charge in [0, 0.05) is 18.8 Å². The van der Waals surface area contributed by atoms with Crippen LogP contribution in [0.4, 0.5) is 5.69 Å². The van der Waals surface area contributed by atoms with Gasteiger partial charge in [0.1, 0.15) is 0 Å². The van der Waals surface area contributed by atoms with Crippen molar-refractivity contribution in [1.82, 2.24) is 0 Å². The minimum absolute atomic E-state index is 0.243. The molecule has 1 aromatic carbocycles. The van der Waals surface area contributed by atoms with Crippen LogP contribution in [-0.4, -0.2) is 24.8 Å². The highest BCUT2D eigenvalue weighted by Gasteiger charge is 2.18. The monoisotopic (exact) mass is 177 g/mol. The number of rotatable bonds is 2. The Morgan fingerprint density at radius 2 is 2.31 bits per heavy atom. The smallest absolute Gasteiger partial charge is 0.0606 e. The summed E-state index contributed by atoms with van der Waals surface area (Å²) in [6, 6.07) is 6.39. The molecule has 1 N–H and O–H groups in total. The lowest BCUT2D eigenvalue weighted by atomic mass is 10.1. The molecule has 0 radical (unpaired) electrons. The number of aliphatic hydroxyl groups excluding tert-OH is 1. The first-order valence-corrected chi connectivity index (χ1v) is 4.77. The lowest BCUT2D eigenvalue weighted by Crippen LogP contribution is -2.23. The lowest BCUT2D eigenvalue weighted by Gasteiger charge is -2.17. The van der Waals surface area contributed by atoms with Crippen LogP contribution in [0.1, 0.15) is 11.1 Å². The maximum Gasteiger partial charge on any atom is 0.0606 e. The molecule has 0 amide bonds. The van der Waals surface area contributed by atoms with E-state index in [-0.39, 0.29) is 6.61 Å². The Morgan fingerprint density at radius 1 is 1.46 bits per heavy atom. The molecule has 0 fully saturated rings. The number of anilines is 1. The first-order chi connectivity index (χ1) is 6.33. The second-order valence-electron chi connectivity index (χ2n) is 3.53. The third kappa shape index (κ3) is 1.42. The molecule has 0 spiro atoms. The molecule has 1 aliphatic rings. The van der Waals surface area contributed by atoms with Gasteiger partial charge in [0.15, 0.2) is 0 Å². The minimum Gasteiger partial charge on any atom is -0.395 e. The Labute approximate surface area is 78.8 Å². The van der Waals surface area contributed by atoms with E-state index in [1.807, 2.05) is 0 Å². The molecule has 2 nitrogen and oxygen atoms in total. The Hall–Kier alpha value is -1.02. The van der Waals surface area contributed by atoms with E-state index < -0.39 is 0 Å². The molecule has 0 saturated heterocycles. The minimum atomic E-state index is 0.243. The van der Waals surface area contributed by atoms with E-state index in [0.717, 1.165) is 19.5 Å². The third-order valence-corrected chi connectivity index (χ3v) is 2.73. The van der Waals surface area contributed by atoms with Gasteiger partial charge >= 0.3 is 0 Å². The predicted octanol–water partition coefficient (Wildman–Crippen LogP) is 1.35. The van der Waals surface area contributed by atoms with Crippen LogP contribution in [0.5, 0.6) is 0 Å². The zero-order chi connectivity index (χ0) is 9.26. The highest BCUT2D eigenvalue weighted by molar-refractivity contribution is 5.60. The van der Waals surface area contributed by atoms with Crippen LogP contribution < -0.4 is 4.90 Å². The standard InChI is InChI=1S/C11H15NO/c1-9-3-2-4-11-10(9)5-6-12(11)7-8-13/h2-4,13H,5-8H2,1H3. The van der Waals surface area contributed by atoms with E-state index in [4.69, 9.17) is 5.11 Å². The van der Waals surface area contributed by atoms with Crippen molar-refractivity contribution in [2.75, 3.05) is 24.6 Å². The molecule has 0 saturated carbocycles. The average Bonchev–Trinajstić information content (AvgIpc) is 2.51. The van der Waals surface area contributed by atoms with Crippen molar-refractivity contribution in [1.29, 1.82) is 0 Å². The Morgan fingerprint density at radius 3 is 3.08 bits per heavy atom. The highest BCUT2D eigenvalue weighted by Crippen LogP contribution is 2.29. The van der Waals surface area contributed by atoms with Gasteiger partial charge in [0.2, 0.25) is 0 Å². The summed E-state index contributed by atoms with van der Waals surface area (Å²) in [5.41, 5.74) is 4.14. The van der Waals surface area contributed by atoms with E-state index >= 15 is 0 Å². The SMILES string of the molecule is Cc1cccc2c1CCN2CCO. The number of fused-ring (bicyclic) bond motifs is 1. The molecule has 0 aliphatic carbocycles. The van der Waals surface area contributed by atoms with Crippen LogP contribution in [-0.2, 0) is 6.42 Å². The van der Waals surface area contributed by atoms with E-state index in [9.17, 15) is 0 Å². The van der Waals surface area contributed by atoms with Gasteiger partial charge in [-0.3, -0.25) is 0 Å². The average molecular weight is 177 g/mol. The van der Waals surface area contributed by atoms with Crippen LogP contribution in [0.2, 0.25) is 0 Å². The van der Waals surface area contributed by atoms with Crippen molar-refractivity contribution < 1.29 is 5.11 Å². The molecule has 2 heteroatoms. The number of nitrogens with zero attached hydrogens (tertiary/aromatic N) is 1. The van der Waals surface area contributed by atoms with Crippen LogP contribution >= 0.6 is 0 Å². The zero-order valence-corrected chi connectivity index (χ0v) is 7.95. The number of aryl methyl sites for hydroxylation is 1. The van der Waals surface area contributed by atoms with Crippen LogP contribution in [0, 0.1) is 6.92 Å². The number of aliphatic hydroxyl groups is 1. The maximum absolute atomic E-state index is 8.88. The van der Waals surface area contributed by atoms with Gasteiger partial charge in [-0.2, -0.15) is 0 Å². The topological polar surface area (TPSA) is 23.5 Å². The van der Waals surface area contributed by atoms with Crippen molar-refractivity contribution in [3.05, 3.63) is 29.3 Å². The Bertz CT molecular complexity index is 309. The van der Waals surface area contributed by atoms with Gasteiger partial charge in [-0.1, -0.05) is 12.1 Å². The van der Waals surface area contributed by atoms with E-state index in [1.54, 1.807) is 0 Å². The normalized spacial score (nSPS) is 14.8. The molecule has 2 rings (SSSR count). The van der Waals surface area contributed by atoms with Gasteiger partial charge in [-0.15, -0.1) is 0 Å². The second-order valence-corrected chi connectivity index (χ2v) is 3.53. The number of hydrogen-bond donors (Lipinski definition) is 1. The molecule has 1 aromatic rings. The molecule has 1 aliphatic heterocycles. The van der Waals surface area contributed by atoms with Crippen LogP contribution in [0.25, 0.3) is 0 Å². The fraction of sp³-hybridized carbons (Fsp3) is 0.455. The van der Waals surface area contributed by atoms with Gasteiger partial charge in [0.05, 0.1) is 6.61 Å². The van der Waals surface area contributed by atoms with Crippen molar-refractivity contribution in [2.45, 2.75) is 13.3 Å². The Balaban J connectivity index is 2.32. The molecule has 0 bridgehead atoms. The van der Waals surface area contributed by atoms with Gasteiger partial charge in [-0.05, 0) is 30.5 Å². The summed E-state index contributed by atoms with van der Waals surface area (Å²) in [5, 5.41) is 8.88. The lowest BCUT2D eigenvalue weighted by molar-refractivity contribution is 0.303. The van der Waals surface area contributed by atoms with E-state index in [1.165, 1.54) is 16.8 Å². The first-order valence-electron chi connectivity index (χ1n) is 4.77. The van der Waals surface area contributed by atoms with E-state index in [0.29, 0.717) is 0 Å². The van der Waals surface area contributed by atoms with Gasteiger partial charge in [-0.25, -0.2) is 0 Å². The maximum atomic E-state index is 8.88. The Kier molecular flexibility index (Phi) is 2.23. The second kappa shape index (κ2) is 3.38. The van der Waals surface area contributed by atoms with Crippen molar-refractivity contribution in [3.63, 3.8) is 0 Å². The molecule has 0 aromatic heterocycles. The number of β-amino-alcohol motifs (C(OH)–C–C–N with tert-alkyl or cyclic N) is 1. The summed E-state index contributed by atoms with van der Waals surface area (Å²) < 4.78 is 0. The highest BCUT2D eigenvalue weighted by atomic mass is 16.3. The van der Waals surface area contributed by atoms with Crippen LogP contribution in [0.3, 0.4) is 0 Å². The van der Waals surface area contributed by atoms with Crippen molar-refractivity contribution in [2.24, 2.45) is 0 Å². The zero-order valence-electron chi connectivity index (χ0n) is 7.95. The van der Waals surface area contributed by atoms with Crippen LogP contribution in [0.15, 0.2) is 18.2 Å². The predicted molar refractivity (Wildman–Crippen MR) is 54.2 cm³/mol. The fourth-order valence-corrected chi connectivity index (χ4v) is 2.03. The molecular formula is C11H15NO. The van der Waals surface area contributed by atoms with E-state index in [2.05, 4.69) is 30.0 Å². The molecular weight excluding hydrogens is 162 g/mol. The summed E-state index contributed by atoms with van der Waals surface area (Å²) in [5.74, 6) is 0. The molecule has 13 heavy (non-hydrogen) atoms. The number of hydrogen-bond acceptors (Lipinski definition) is 2. The molecule has 1 heterocycles. The summed E-state index contributed by atoms with van der Waals surface area (Å²) in [7, 11) is 0. The quantitative estimate of drug-likeness (QED) is 0.737.